The molecule has 0 saturated carbocycles. The van der Waals surface area contributed by atoms with Crippen molar-refractivity contribution in [3.63, 3.8) is 0 Å². The van der Waals surface area contributed by atoms with Crippen LogP contribution in [0.5, 0.6) is 0 Å². The molecule has 3 aromatic heterocycles. The standard InChI is InChI=1S/C18H15N7O2/c26-18(27)22-17-21-16-5-1-3-14(25(16)24-17)13-8-6-12(7-9-13)11-19-15-4-2-10-20-23-15/h1-10H,11H2,(H,19,23)(H,22,24)(H,26,27). The molecule has 1 aromatic carbocycles. The van der Waals surface area contributed by atoms with Crippen molar-refractivity contribution in [1.29, 1.82) is 0 Å². The largest absolute Gasteiger partial charge is 0.465 e. The van der Waals surface area contributed by atoms with Gasteiger partial charge in [-0.15, -0.1) is 10.2 Å². The van der Waals surface area contributed by atoms with E-state index in [-0.39, 0.29) is 5.95 Å². The summed E-state index contributed by atoms with van der Waals surface area (Å²) in [6, 6.07) is 17.2. The average molecular weight is 361 g/mol. The van der Waals surface area contributed by atoms with Crippen molar-refractivity contribution in [2.45, 2.75) is 6.54 Å². The van der Waals surface area contributed by atoms with E-state index in [0.717, 1.165) is 16.8 Å². The van der Waals surface area contributed by atoms with Gasteiger partial charge in [-0.2, -0.15) is 10.1 Å². The summed E-state index contributed by atoms with van der Waals surface area (Å²) in [7, 11) is 0. The third-order valence-electron chi connectivity index (χ3n) is 3.87. The number of hydrogen-bond donors (Lipinski definition) is 3. The van der Waals surface area contributed by atoms with Crippen LogP contribution in [0.3, 0.4) is 0 Å². The lowest BCUT2D eigenvalue weighted by molar-refractivity contribution is 0.209. The van der Waals surface area contributed by atoms with Crippen molar-refractivity contribution < 1.29 is 9.90 Å². The number of hydrogen-bond acceptors (Lipinski definition) is 6. The lowest BCUT2D eigenvalue weighted by Gasteiger charge is -2.07. The van der Waals surface area contributed by atoms with Crippen molar-refractivity contribution >= 4 is 23.5 Å². The van der Waals surface area contributed by atoms with E-state index >= 15 is 0 Å². The molecule has 4 rings (SSSR count). The molecule has 1 amide bonds. The number of anilines is 2. The Kier molecular flexibility index (Phi) is 4.32. The number of fused-ring (bicyclic) bond motifs is 1. The second kappa shape index (κ2) is 7.08. The molecule has 9 nitrogen and oxygen atoms in total. The van der Waals surface area contributed by atoms with Crippen LogP contribution in [0.1, 0.15) is 5.56 Å². The zero-order valence-electron chi connectivity index (χ0n) is 14.1. The summed E-state index contributed by atoms with van der Waals surface area (Å²) in [4.78, 5) is 14.9. The van der Waals surface area contributed by atoms with Gasteiger partial charge in [-0.1, -0.05) is 30.3 Å². The minimum Gasteiger partial charge on any atom is -0.465 e. The molecule has 0 fully saturated rings. The molecule has 0 saturated heterocycles. The summed E-state index contributed by atoms with van der Waals surface area (Å²) in [6.07, 6.45) is 0.426. The van der Waals surface area contributed by atoms with E-state index in [1.807, 2.05) is 48.5 Å². The fourth-order valence-corrected chi connectivity index (χ4v) is 2.65. The van der Waals surface area contributed by atoms with Gasteiger partial charge in [0.05, 0.1) is 5.69 Å². The third kappa shape index (κ3) is 3.66. The Morgan fingerprint density at radius 2 is 1.93 bits per heavy atom. The molecule has 134 valence electrons. The van der Waals surface area contributed by atoms with Crippen LogP contribution in [0.15, 0.2) is 60.8 Å². The fourth-order valence-electron chi connectivity index (χ4n) is 2.65. The monoisotopic (exact) mass is 361 g/mol. The molecule has 27 heavy (non-hydrogen) atoms. The lowest BCUT2D eigenvalue weighted by atomic mass is 10.1. The number of rotatable bonds is 5. The molecule has 3 heterocycles. The molecule has 3 N–H and O–H groups in total. The van der Waals surface area contributed by atoms with E-state index in [1.54, 1.807) is 16.8 Å². The highest BCUT2D eigenvalue weighted by Gasteiger charge is 2.10. The predicted molar refractivity (Wildman–Crippen MR) is 99.4 cm³/mol. The van der Waals surface area contributed by atoms with Gasteiger partial charge in [0.25, 0.3) is 5.95 Å². The van der Waals surface area contributed by atoms with Crippen molar-refractivity contribution in [3.8, 4) is 11.3 Å². The van der Waals surface area contributed by atoms with E-state index in [4.69, 9.17) is 5.11 Å². The van der Waals surface area contributed by atoms with Crippen LogP contribution in [0, 0.1) is 0 Å². The van der Waals surface area contributed by atoms with Gasteiger partial charge in [-0.3, -0.25) is 5.32 Å². The van der Waals surface area contributed by atoms with Crippen LogP contribution < -0.4 is 10.6 Å². The third-order valence-corrected chi connectivity index (χ3v) is 3.87. The first-order valence-corrected chi connectivity index (χ1v) is 8.16. The average Bonchev–Trinajstić information content (AvgIpc) is 3.09. The van der Waals surface area contributed by atoms with Gasteiger partial charge < -0.3 is 10.4 Å². The molecular formula is C18H15N7O2. The van der Waals surface area contributed by atoms with Crippen LogP contribution in [0.4, 0.5) is 16.6 Å². The van der Waals surface area contributed by atoms with Crippen molar-refractivity contribution in [2.75, 3.05) is 10.6 Å². The van der Waals surface area contributed by atoms with Gasteiger partial charge in [0.15, 0.2) is 5.65 Å². The summed E-state index contributed by atoms with van der Waals surface area (Å²) < 4.78 is 1.61. The van der Waals surface area contributed by atoms with Crippen molar-refractivity contribution in [2.24, 2.45) is 0 Å². The summed E-state index contributed by atoms with van der Waals surface area (Å²) in [5, 5.41) is 26.2. The second-order valence-electron chi connectivity index (χ2n) is 5.71. The maximum absolute atomic E-state index is 10.8. The smallest absolute Gasteiger partial charge is 0.411 e. The van der Waals surface area contributed by atoms with Crippen LogP contribution >= 0.6 is 0 Å². The van der Waals surface area contributed by atoms with Gasteiger partial charge in [-0.25, -0.2) is 9.31 Å². The molecule has 0 radical (unpaired) electrons. The summed E-state index contributed by atoms with van der Waals surface area (Å²) in [5.74, 6) is 0.757. The van der Waals surface area contributed by atoms with Gasteiger partial charge >= 0.3 is 6.09 Å². The number of benzene rings is 1. The highest BCUT2D eigenvalue weighted by Crippen LogP contribution is 2.21. The summed E-state index contributed by atoms with van der Waals surface area (Å²) in [5.41, 5.74) is 3.40. The summed E-state index contributed by atoms with van der Waals surface area (Å²) >= 11 is 0. The molecule has 4 aromatic rings. The van der Waals surface area contributed by atoms with E-state index in [0.29, 0.717) is 18.0 Å². The maximum Gasteiger partial charge on any atom is 0.411 e. The van der Waals surface area contributed by atoms with Crippen molar-refractivity contribution in [1.82, 2.24) is 24.8 Å². The highest BCUT2D eigenvalue weighted by atomic mass is 16.4. The highest BCUT2D eigenvalue weighted by molar-refractivity contribution is 5.80. The van der Waals surface area contributed by atoms with Crippen LogP contribution in [0.2, 0.25) is 0 Å². The first-order chi connectivity index (χ1) is 13.2. The van der Waals surface area contributed by atoms with Gasteiger partial charge in [0.1, 0.15) is 5.82 Å². The second-order valence-corrected chi connectivity index (χ2v) is 5.71. The zero-order valence-corrected chi connectivity index (χ0v) is 14.1. The molecule has 0 bridgehead atoms. The van der Waals surface area contributed by atoms with Crippen molar-refractivity contribution in [3.05, 3.63) is 66.4 Å². The summed E-state index contributed by atoms with van der Waals surface area (Å²) in [6.45, 7) is 0.624. The Labute approximate surface area is 153 Å². The molecular weight excluding hydrogens is 346 g/mol. The van der Waals surface area contributed by atoms with E-state index in [2.05, 4.69) is 30.9 Å². The quantitative estimate of drug-likeness (QED) is 0.500. The molecule has 0 spiro atoms. The van der Waals surface area contributed by atoms with E-state index < -0.39 is 6.09 Å². The number of aromatic nitrogens is 5. The maximum atomic E-state index is 10.8. The fraction of sp³-hybridized carbons (Fsp3) is 0.0556. The molecule has 9 heteroatoms. The number of amides is 1. The SMILES string of the molecule is O=C(O)Nc1nc2cccc(-c3ccc(CNc4cccnn4)cc3)n2n1. The Bertz CT molecular complexity index is 1080. The number of carbonyl (C=O) groups is 1. The molecule has 0 unspecified atom stereocenters. The lowest BCUT2D eigenvalue weighted by Crippen LogP contribution is -2.08. The Hall–Kier alpha value is -4.01. The topological polar surface area (TPSA) is 117 Å². The van der Waals surface area contributed by atoms with Gasteiger partial charge in [-0.05, 0) is 29.8 Å². The number of nitrogens with one attached hydrogen (secondary N) is 2. The number of carboxylic acid groups (broad SMARTS) is 1. The zero-order chi connectivity index (χ0) is 18.6. The first-order valence-electron chi connectivity index (χ1n) is 8.16. The first kappa shape index (κ1) is 16.5. The minimum atomic E-state index is -1.20. The molecule has 0 atom stereocenters. The number of nitrogens with zero attached hydrogens (tertiary/aromatic N) is 5. The molecule has 0 aliphatic rings. The van der Waals surface area contributed by atoms with E-state index in [1.165, 1.54) is 0 Å². The Morgan fingerprint density at radius 1 is 1.07 bits per heavy atom. The molecule has 0 aliphatic heterocycles. The molecule has 0 aliphatic carbocycles. The van der Waals surface area contributed by atoms with Gasteiger partial charge in [0, 0.05) is 18.3 Å². The van der Waals surface area contributed by atoms with Crippen LogP contribution in [-0.2, 0) is 6.54 Å². The Morgan fingerprint density at radius 3 is 2.67 bits per heavy atom. The predicted octanol–water partition coefficient (Wildman–Crippen LogP) is 2.89. The number of pyridine rings is 1. The normalized spacial score (nSPS) is 10.7. The minimum absolute atomic E-state index is 0.0414. The van der Waals surface area contributed by atoms with Crippen LogP contribution in [0.25, 0.3) is 16.9 Å². The van der Waals surface area contributed by atoms with E-state index in [9.17, 15) is 4.79 Å². The van der Waals surface area contributed by atoms with Gasteiger partial charge in [0.2, 0.25) is 0 Å². The Balaban J connectivity index is 1.56. The van der Waals surface area contributed by atoms with Crippen LogP contribution in [-0.4, -0.2) is 36.0 Å².